The van der Waals surface area contributed by atoms with E-state index in [0.717, 1.165) is 22.0 Å². The number of benzene rings is 3. The van der Waals surface area contributed by atoms with Gasteiger partial charge in [0, 0.05) is 21.8 Å². The first-order valence-electron chi connectivity index (χ1n) is 9.20. The molecule has 0 spiro atoms. The average Bonchev–Trinajstić information content (AvgIpc) is 3.17. The molecule has 0 fully saturated rings. The van der Waals surface area contributed by atoms with Crippen LogP contribution < -0.4 is 9.47 Å². The maximum absolute atomic E-state index is 13.4. The van der Waals surface area contributed by atoms with Crippen molar-refractivity contribution < 1.29 is 18.7 Å². The van der Waals surface area contributed by atoms with Gasteiger partial charge < -0.3 is 13.9 Å². The van der Waals surface area contributed by atoms with Gasteiger partial charge in [-0.2, -0.15) is 0 Å². The molecule has 0 saturated heterocycles. The molecule has 0 N–H and O–H groups in total. The fourth-order valence-corrected chi connectivity index (χ4v) is 3.38. The van der Waals surface area contributed by atoms with Crippen LogP contribution in [0, 0.1) is 0 Å². The number of methoxy groups -OCH3 is 1. The first-order valence-corrected chi connectivity index (χ1v) is 10.3. The largest absolute Gasteiger partial charge is 0.497 e. The van der Waals surface area contributed by atoms with Gasteiger partial charge in [0.2, 0.25) is 0 Å². The van der Waals surface area contributed by atoms with E-state index in [1.54, 1.807) is 31.4 Å². The first kappa shape index (κ1) is 19.3. The maximum atomic E-state index is 13.4. The Morgan fingerprint density at radius 3 is 2.31 bits per heavy atom. The van der Waals surface area contributed by atoms with Gasteiger partial charge in [0.05, 0.1) is 19.3 Å². The Morgan fingerprint density at radius 1 is 0.931 bits per heavy atom. The molecule has 0 unspecified atom stereocenters. The van der Waals surface area contributed by atoms with Crippen molar-refractivity contribution in [1.82, 2.24) is 0 Å². The Hall–Kier alpha value is -3.05. The molecule has 0 bridgehead atoms. The summed E-state index contributed by atoms with van der Waals surface area (Å²) in [5.74, 6) is 1.94. The number of ketones is 1. The lowest BCUT2D eigenvalue weighted by Crippen LogP contribution is -2.02. The first-order chi connectivity index (χ1) is 14.2. The lowest BCUT2D eigenvalue weighted by Gasteiger charge is -2.07. The summed E-state index contributed by atoms with van der Waals surface area (Å²) in [6.07, 6.45) is 0. The second-order valence-electron chi connectivity index (χ2n) is 6.42. The summed E-state index contributed by atoms with van der Waals surface area (Å²) in [5, 5.41) is 1.56. The molecular weight excluding hydrogens is 432 g/mol. The van der Waals surface area contributed by atoms with Crippen molar-refractivity contribution in [3.8, 4) is 22.8 Å². The highest BCUT2D eigenvalue weighted by Gasteiger charge is 2.23. The molecule has 0 atom stereocenters. The molecule has 0 aliphatic carbocycles. The van der Waals surface area contributed by atoms with Gasteiger partial charge in [-0.25, -0.2) is 0 Å². The van der Waals surface area contributed by atoms with Crippen molar-refractivity contribution in [2.45, 2.75) is 0 Å². The molecule has 4 rings (SSSR count). The van der Waals surface area contributed by atoms with Crippen molar-refractivity contribution in [3.63, 3.8) is 0 Å². The van der Waals surface area contributed by atoms with Crippen LogP contribution in [0.2, 0.25) is 0 Å². The molecule has 1 aromatic heterocycles. The van der Waals surface area contributed by atoms with Crippen LogP contribution >= 0.6 is 15.9 Å². The van der Waals surface area contributed by atoms with E-state index in [1.165, 1.54) is 0 Å². The molecule has 5 heteroatoms. The van der Waals surface area contributed by atoms with E-state index in [1.807, 2.05) is 48.5 Å². The van der Waals surface area contributed by atoms with E-state index >= 15 is 0 Å². The third-order valence-corrected chi connectivity index (χ3v) is 4.96. The number of rotatable bonds is 7. The highest BCUT2D eigenvalue weighted by Crippen LogP contribution is 2.36. The zero-order chi connectivity index (χ0) is 20.2. The summed E-state index contributed by atoms with van der Waals surface area (Å²) >= 11 is 3.35. The van der Waals surface area contributed by atoms with Crippen LogP contribution in [0.5, 0.6) is 11.5 Å². The fourth-order valence-electron chi connectivity index (χ4n) is 3.22. The van der Waals surface area contributed by atoms with Crippen molar-refractivity contribution in [2.75, 3.05) is 19.0 Å². The summed E-state index contributed by atoms with van der Waals surface area (Å²) < 4.78 is 16.9. The van der Waals surface area contributed by atoms with Crippen molar-refractivity contribution in [3.05, 3.63) is 83.9 Å². The molecule has 3 aromatic carbocycles. The molecule has 4 aromatic rings. The average molecular weight is 451 g/mol. The molecule has 0 saturated carbocycles. The van der Waals surface area contributed by atoms with Crippen LogP contribution in [0.25, 0.3) is 22.3 Å². The number of ether oxygens (including phenoxy) is 2. The Balaban J connectivity index is 1.79. The molecular formula is C24H19BrO4. The summed E-state index contributed by atoms with van der Waals surface area (Å²) in [6.45, 7) is 0.588. The maximum Gasteiger partial charge on any atom is 0.197 e. The molecule has 0 aliphatic heterocycles. The molecule has 1 heterocycles. The standard InChI is InChI=1S/C24H19BrO4/c1-27-18-10-6-16(7-11-18)23(26)22-20-4-2-3-5-21(20)29-24(22)17-8-12-19(13-9-17)28-15-14-25/h2-13H,14-15H2,1H3. The van der Waals surface area contributed by atoms with Gasteiger partial charge in [0.15, 0.2) is 5.78 Å². The third kappa shape index (κ3) is 3.91. The summed E-state index contributed by atoms with van der Waals surface area (Å²) in [4.78, 5) is 13.4. The minimum absolute atomic E-state index is 0.0905. The number of hydrogen-bond donors (Lipinski definition) is 0. The zero-order valence-electron chi connectivity index (χ0n) is 15.9. The third-order valence-electron chi connectivity index (χ3n) is 4.64. The Bertz CT molecular complexity index is 1130. The number of carbonyl (C=O) groups excluding carboxylic acids is 1. The van der Waals surface area contributed by atoms with E-state index in [4.69, 9.17) is 13.9 Å². The molecule has 0 amide bonds. The van der Waals surface area contributed by atoms with Crippen LogP contribution in [0.4, 0.5) is 0 Å². The van der Waals surface area contributed by atoms with Crippen LogP contribution in [0.1, 0.15) is 15.9 Å². The van der Waals surface area contributed by atoms with Crippen molar-refractivity contribution in [1.29, 1.82) is 0 Å². The predicted octanol–water partition coefficient (Wildman–Crippen LogP) is 6.11. The topological polar surface area (TPSA) is 48.7 Å². The van der Waals surface area contributed by atoms with E-state index < -0.39 is 0 Å². The summed E-state index contributed by atoms with van der Waals surface area (Å²) in [5.41, 5.74) is 2.64. The summed E-state index contributed by atoms with van der Waals surface area (Å²) in [7, 11) is 1.60. The fraction of sp³-hybridized carbons (Fsp3) is 0.125. The van der Waals surface area contributed by atoms with E-state index in [9.17, 15) is 4.79 Å². The molecule has 0 radical (unpaired) electrons. The number of fused-ring (bicyclic) bond motifs is 1. The van der Waals surface area contributed by atoms with E-state index in [0.29, 0.717) is 34.8 Å². The van der Waals surface area contributed by atoms with Crippen LogP contribution in [0.3, 0.4) is 0 Å². The lowest BCUT2D eigenvalue weighted by atomic mass is 9.97. The number of alkyl halides is 1. The minimum atomic E-state index is -0.0905. The number of carbonyl (C=O) groups is 1. The number of hydrogen-bond acceptors (Lipinski definition) is 4. The summed E-state index contributed by atoms with van der Waals surface area (Å²) in [6, 6.07) is 22.3. The predicted molar refractivity (Wildman–Crippen MR) is 117 cm³/mol. The highest BCUT2D eigenvalue weighted by molar-refractivity contribution is 9.09. The smallest absolute Gasteiger partial charge is 0.197 e. The number of halogens is 1. The molecule has 146 valence electrons. The van der Waals surface area contributed by atoms with Gasteiger partial charge in [-0.3, -0.25) is 4.79 Å². The van der Waals surface area contributed by atoms with Crippen LogP contribution in [-0.2, 0) is 0 Å². The minimum Gasteiger partial charge on any atom is -0.497 e. The van der Waals surface area contributed by atoms with Gasteiger partial charge in [0.1, 0.15) is 22.8 Å². The van der Waals surface area contributed by atoms with Crippen molar-refractivity contribution in [2.24, 2.45) is 0 Å². The molecule has 4 nitrogen and oxygen atoms in total. The molecule has 0 aliphatic rings. The van der Waals surface area contributed by atoms with Gasteiger partial charge >= 0.3 is 0 Å². The Kier molecular flexibility index (Phi) is 5.67. The van der Waals surface area contributed by atoms with Gasteiger partial charge in [0.25, 0.3) is 0 Å². The van der Waals surface area contributed by atoms with Gasteiger partial charge in [-0.15, -0.1) is 0 Å². The van der Waals surface area contributed by atoms with Crippen molar-refractivity contribution >= 4 is 32.7 Å². The van der Waals surface area contributed by atoms with Gasteiger partial charge in [-0.1, -0.05) is 34.1 Å². The number of furan rings is 1. The Labute approximate surface area is 177 Å². The lowest BCUT2D eigenvalue weighted by molar-refractivity contribution is 0.104. The monoisotopic (exact) mass is 450 g/mol. The highest BCUT2D eigenvalue weighted by atomic mass is 79.9. The quantitative estimate of drug-likeness (QED) is 0.251. The molecule has 29 heavy (non-hydrogen) atoms. The normalized spacial score (nSPS) is 10.8. The Morgan fingerprint density at radius 2 is 1.62 bits per heavy atom. The van der Waals surface area contributed by atoms with Crippen LogP contribution in [0.15, 0.2) is 77.2 Å². The second-order valence-corrected chi connectivity index (χ2v) is 7.21. The van der Waals surface area contributed by atoms with E-state index in [-0.39, 0.29) is 5.78 Å². The van der Waals surface area contributed by atoms with E-state index in [2.05, 4.69) is 15.9 Å². The SMILES string of the molecule is COc1ccc(C(=O)c2c(-c3ccc(OCCBr)cc3)oc3ccccc23)cc1. The second kappa shape index (κ2) is 8.53. The van der Waals surface area contributed by atoms with Gasteiger partial charge in [-0.05, 0) is 54.6 Å². The van der Waals surface area contributed by atoms with Crippen LogP contribution in [-0.4, -0.2) is 24.8 Å². The number of para-hydroxylation sites is 1. The zero-order valence-corrected chi connectivity index (χ0v) is 17.4.